The molecule has 0 unspecified atom stereocenters. The van der Waals surface area contributed by atoms with Gasteiger partial charge in [0.2, 0.25) is 5.91 Å². The third kappa shape index (κ3) is 64.4. The number of carbonyl (C=O) groups is 3. The number of carbonyl (C=O) groups excluding carboxylic acids is 3. The quantitative estimate of drug-likeness (QED) is 0.0156. The number of aromatic nitrogens is 3. The predicted molar refractivity (Wildman–Crippen MR) is 295 cm³/mol. The Labute approximate surface area is 483 Å². The summed E-state index contributed by atoms with van der Waals surface area (Å²) in [5.74, 6) is -0.570. The smallest absolute Gasteiger partial charge is 0.741 e. The number of esters is 1. The number of carboxylic acids is 1. The number of aliphatic carboxylic acids is 1. The van der Waals surface area contributed by atoms with Gasteiger partial charge in [0, 0.05) is 18.9 Å². The SMILES string of the molecule is C.CCCCCCCCCCCCC(=O)NCCCC.CCCCCCCCCCCCC(=O)[O-].CCCCCCCCOC(=O)C[N+](C)(C)c1nc(OC)nc(OC)n1.CCCCN.Cl.O=S(=O)([O-])C(F)(F)F.[Na+]. The van der Waals surface area contributed by atoms with Crippen molar-refractivity contribution in [2.24, 2.45) is 5.73 Å². The summed E-state index contributed by atoms with van der Waals surface area (Å²) in [5, 5.41) is 13.1. The van der Waals surface area contributed by atoms with Gasteiger partial charge in [-0.05, 0) is 45.1 Å². The number of rotatable bonds is 39. The number of hydrogen-bond acceptors (Lipinski definition) is 14. The van der Waals surface area contributed by atoms with Crippen LogP contribution in [0, 0.1) is 0 Å². The summed E-state index contributed by atoms with van der Waals surface area (Å²) < 4.78 is 74.4. The first-order valence-corrected chi connectivity index (χ1v) is 28.6. The maximum atomic E-state index is 12.1. The van der Waals surface area contributed by atoms with Crippen molar-refractivity contribution < 1.29 is 89.4 Å². The number of nitrogens with zero attached hydrogens (tertiary/aromatic N) is 4. The number of carboxylic acid groups (broad SMARTS) is 1. The summed E-state index contributed by atoms with van der Waals surface area (Å²) in [6, 6.07) is 0.294. The molecule has 22 heteroatoms. The van der Waals surface area contributed by atoms with Gasteiger partial charge in [-0.3, -0.25) is 9.28 Å². The molecule has 0 aliphatic rings. The minimum Gasteiger partial charge on any atom is -0.741 e. The van der Waals surface area contributed by atoms with Gasteiger partial charge in [0.05, 0.1) is 34.9 Å². The van der Waals surface area contributed by atoms with Crippen LogP contribution in [0.4, 0.5) is 19.1 Å². The Morgan fingerprint density at radius 3 is 1.24 bits per heavy atom. The van der Waals surface area contributed by atoms with E-state index in [0.29, 0.717) is 12.6 Å². The number of amides is 1. The second kappa shape index (κ2) is 61.1. The van der Waals surface area contributed by atoms with E-state index in [1.165, 1.54) is 162 Å². The molecule has 1 amide bonds. The second-order valence-electron chi connectivity index (χ2n) is 18.4. The van der Waals surface area contributed by atoms with Crippen LogP contribution < -0.4 is 59.7 Å². The fourth-order valence-corrected chi connectivity index (χ4v) is 6.52. The van der Waals surface area contributed by atoms with Crippen LogP contribution in [0.15, 0.2) is 0 Å². The third-order valence-electron chi connectivity index (χ3n) is 11.0. The molecule has 0 bridgehead atoms. The molecule has 0 saturated heterocycles. The summed E-state index contributed by atoms with van der Waals surface area (Å²) in [7, 11) is 0.480. The molecule has 3 N–H and O–H groups in total. The minimum atomic E-state index is -6.09. The largest absolute Gasteiger partial charge is 1.00 e. The van der Waals surface area contributed by atoms with Gasteiger partial charge < -0.3 is 39.7 Å². The molecular weight excluding hydrogens is 1030 g/mol. The number of quaternary nitrogens is 1. The normalized spacial score (nSPS) is 10.6. The van der Waals surface area contributed by atoms with Crippen molar-refractivity contribution in [3.63, 3.8) is 0 Å². The van der Waals surface area contributed by atoms with Crippen LogP contribution in [0.25, 0.3) is 0 Å². The van der Waals surface area contributed by atoms with Crippen molar-refractivity contribution in [1.29, 1.82) is 0 Å². The molecule has 0 saturated carbocycles. The van der Waals surface area contributed by atoms with Gasteiger partial charge in [-0.15, -0.1) is 27.4 Å². The molecule has 1 rings (SSSR count). The van der Waals surface area contributed by atoms with Crippen molar-refractivity contribution in [3.8, 4) is 12.0 Å². The van der Waals surface area contributed by atoms with E-state index in [4.69, 9.17) is 32.9 Å². The summed E-state index contributed by atoms with van der Waals surface area (Å²) >= 11 is 0. The zero-order chi connectivity index (χ0) is 55.4. The Bertz CT molecular complexity index is 1500. The number of hydrogen-bond donors (Lipinski definition) is 2. The molecule has 0 spiro atoms. The number of ether oxygens (including phenoxy) is 3. The van der Waals surface area contributed by atoms with E-state index < -0.39 is 21.6 Å². The van der Waals surface area contributed by atoms with Crippen LogP contribution in [0.2, 0.25) is 0 Å². The van der Waals surface area contributed by atoms with E-state index in [2.05, 4.69) is 54.9 Å². The second-order valence-corrected chi connectivity index (χ2v) is 19.8. The van der Waals surface area contributed by atoms with Crippen molar-refractivity contribution in [1.82, 2.24) is 24.8 Å². The van der Waals surface area contributed by atoms with E-state index in [0.717, 1.165) is 64.5 Å². The number of nitrogens with one attached hydrogen (secondary N) is 1. The van der Waals surface area contributed by atoms with Crippen molar-refractivity contribution >= 4 is 46.3 Å². The Kier molecular flexibility index (Phi) is 70.8. The molecule has 16 nitrogen and oxygen atoms in total. The van der Waals surface area contributed by atoms with Crippen LogP contribution in [0.3, 0.4) is 0 Å². The monoisotopic (exact) mass is 1130 g/mol. The molecule has 0 aromatic carbocycles. The first-order chi connectivity index (χ1) is 34.2. The first-order valence-electron chi connectivity index (χ1n) is 27.2. The maximum Gasteiger partial charge on any atom is 1.00 e. The van der Waals surface area contributed by atoms with Gasteiger partial charge in [-0.1, -0.05) is 203 Å². The van der Waals surface area contributed by atoms with Gasteiger partial charge in [-0.25, -0.2) is 13.2 Å². The van der Waals surface area contributed by atoms with E-state index in [1.807, 2.05) is 14.1 Å². The molecular formula is C53H107ClF3N6NaO10S. The van der Waals surface area contributed by atoms with Gasteiger partial charge in [0.1, 0.15) is 0 Å². The molecule has 75 heavy (non-hydrogen) atoms. The molecule has 0 radical (unpaired) electrons. The van der Waals surface area contributed by atoms with E-state index >= 15 is 0 Å². The van der Waals surface area contributed by atoms with E-state index in [-0.39, 0.29) is 90.7 Å². The average Bonchev–Trinajstić information content (AvgIpc) is 3.32. The maximum absolute atomic E-state index is 12.1. The van der Waals surface area contributed by atoms with Crippen molar-refractivity contribution in [2.45, 2.75) is 253 Å². The minimum absolute atomic E-state index is 0. The zero-order valence-corrected chi connectivity index (χ0v) is 51.5. The Morgan fingerprint density at radius 2 is 0.933 bits per heavy atom. The van der Waals surface area contributed by atoms with Crippen molar-refractivity contribution in [2.75, 3.05) is 54.6 Å². The number of halogens is 4. The van der Waals surface area contributed by atoms with Gasteiger partial charge in [0.15, 0.2) is 16.7 Å². The molecule has 0 aliphatic heterocycles. The Morgan fingerprint density at radius 1 is 0.600 bits per heavy atom. The summed E-state index contributed by atoms with van der Waals surface area (Å²) in [5.41, 5.74) is -0.507. The van der Waals surface area contributed by atoms with Gasteiger partial charge >= 0.3 is 59.0 Å². The van der Waals surface area contributed by atoms with E-state index in [1.54, 1.807) is 0 Å². The molecule has 0 fully saturated rings. The fraction of sp³-hybridized carbons (Fsp3) is 0.887. The zero-order valence-electron chi connectivity index (χ0n) is 47.9. The van der Waals surface area contributed by atoms with Crippen LogP contribution >= 0.6 is 12.4 Å². The Hall–Kier alpha value is -2.07. The van der Waals surface area contributed by atoms with Crippen LogP contribution in [0.5, 0.6) is 12.0 Å². The van der Waals surface area contributed by atoms with E-state index in [9.17, 15) is 32.7 Å². The van der Waals surface area contributed by atoms with Crippen LogP contribution in [0.1, 0.15) is 248 Å². The molecule has 0 aliphatic carbocycles. The standard InChI is InChI=1S/C17H31N4O4.C17H35NO.C13H26O2.C4H11N.CHF3O3S.CH4.ClH.Na/c1-6-7-8-9-10-11-12-25-14(22)13-21(2,3)15-18-16(23-4)20-17(19-15)24-5;1-3-5-7-8-9-10-11-12-13-14-15-17(19)18-16-6-4-2;1-2-3-4-5-6-7-8-9-10-11-12-13(14)15;1-2-3-4-5;2-1(3,4)8(5,6)7;;;/h6-13H2,1-5H3;3-16H2,1-2H3,(H,18,19);2-12H2,1H3,(H,14,15);2-5H2,1H3;(H,5,6,7);1H4;1H;/q+1;;;;;;;+1/p-2. The summed E-state index contributed by atoms with van der Waals surface area (Å²) in [4.78, 5) is 46.0. The predicted octanol–water partition coefficient (Wildman–Crippen LogP) is 9.48. The number of unbranched alkanes of at least 4 members (excludes halogenated alkanes) is 25. The Balaban J connectivity index is -0.000000165. The third-order valence-corrected chi connectivity index (χ3v) is 11.5. The molecule has 1 aromatic heterocycles. The average molecular weight is 1140 g/mol. The van der Waals surface area contributed by atoms with Gasteiger partial charge in [0.25, 0.3) is 0 Å². The van der Waals surface area contributed by atoms with Crippen LogP contribution in [-0.4, -0.2) is 106 Å². The summed E-state index contributed by atoms with van der Waals surface area (Å²) in [6.07, 6.45) is 38.1. The number of likely N-dealkylation sites (N-methyl/N-ethyl adjacent to an activating group) is 1. The van der Waals surface area contributed by atoms with Crippen molar-refractivity contribution in [3.05, 3.63) is 0 Å². The van der Waals surface area contributed by atoms with Crippen LogP contribution in [-0.2, 0) is 29.2 Å². The number of nitrogens with two attached hydrogens (primary N) is 1. The topological polar surface area (TPSA) is 236 Å². The molecule has 444 valence electrons. The van der Waals surface area contributed by atoms with Gasteiger partial charge in [-0.2, -0.15) is 13.2 Å². The molecule has 0 atom stereocenters. The summed E-state index contributed by atoms with van der Waals surface area (Å²) in [6.45, 7) is 13.2. The number of methoxy groups -OCH3 is 2. The number of alkyl halides is 3. The molecule has 1 heterocycles. The first kappa shape index (κ1) is 86.8. The molecule has 1 aromatic rings. The fourth-order valence-electron chi connectivity index (χ4n) is 6.52.